The first-order valence-corrected chi connectivity index (χ1v) is 8.98. The van der Waals surface area contributed by atoms with Crippen LogP contribution in [-0.4, -0.2) is 24.0 Å². The molecular formula is C16H25N3OS. The second kappa shape index (κ2) is 6.44. The zero-order valence-electron chi connectivity index (χ0n) is 13.0. The fraction of sp³-hybridized carbons (Fsp3) is 0.750. The van der Waals surface area contributed by atoms with Crippen molar-refractivity contribution >= 4 is 22.4 Å². The molecule has 2 bridgehead atoms. The molecule has 116 valence electrons. The van der Waals surface area contributed by atoms with Crippen LogP contribution in [0.15, 0.2) is 5.38 Å². The predicted octanol–water partition coefficient (Wildman–Crippen LogP) is 3.04. The third-order valence-electron chi connectivity index (χ3n) is 5.06. The zero-order chi connectivity index (χ0) is 14.8. The Kier molecular flexibility index (Phi) is 4.60. The maximum absolute atomic E-state index is 11.5. The van der Waals surface area contributed by atoms with Crippen molar-refractivity contribution < 1.29 is 4.79 Å². The largest absolute Gasteiger partial charge is 0.311 e. The number of carbonyl (C=O) groups is 1. The highest BCUT2D eigenvalue weighted by atomic mass is 32.1. The third-order valence-corrected chi connectivity index (χ3v) is 5.98. The molecule has 2 aliphatic carbocycles. The Labute approximate surface area is 130 Å². The minimum absolute atomic E-state index is 0.0633. The smallest absolute Gasteiger partial charge is 0.225 e. The van der Waals surface area contributed by atoms with Gasteiger partial charge in [0, 0.05) is 25.4 Å². The first-order valence-electron chi connectivity index (χ1n) is 8.10. The van der Waals surface area contributed by atoms with Crippen LogP contribution in [0, 0.1) is 17.8 Å². The molecule has 0 aliphatic heterocycles. The number of amides is 1. The first kappa shape index (κ1) is 15.0. The van der Waals surface area contributed by atoms with Crippen LogP contribution in [0.1, 0.15) is 45.2 Å². The standard InChI is InChI=1S/C16H25N3OS/c1-3-19(11(2)20)16-18-15(10-21-16)9-17-8-14-7-12-4-5-13(14)6-12/h10,12-14,17H,3-9H2,1-2H3. The number of anilines is 1. The molecule has 3 unspecified atom stereocenters. The van der Waals surface area contributed by atoms with Gasteiger partial charge in [0.25, 0.3) is 0 Å². The summed E-state index contributed by atoms with van der Waals surface area (Å²) >= 11 is 1.56. The van der Waals surface area contributed by atoms with Crippen LogP contribution in [0.25, 0.3) is 0 Å². The van der Waals surface area contributed by atoms with Crippen LogP contribution in [0.3, 0.4) is 0 Å². The van der Waals surface area contributed by atoms with Gasteiger partial charge < -0.3 is 5.32 Å². The Morgan fingerprint density at radius 2 is 2.33 bits per heavy atom. The highest BCUT2D eigenvalue weighted by Gasteiger charge is 2.38. The van der Waals surface area contributed by atoms with Crippen LogP contribution in [-0.2, 0) is 11.3 Å². The summed E-state index contributed by atoms with van der Waals surface area (Å²) < 4.78 is 0. The summed E-state index contributed by atoms with van der Waals surface area (Å²) in [6.45, 7) is 6.20. The van der Waals surface area contributed by atoms with E-state index in [-0.39, 0.29) is 5.91 Å². The van der Waals surface area contributed by atoms with Gasteiger partial charge in [-0.25, -0.2) is 4.98 Å². The van der Waals surface area contributed by atoms with Gasteiger partial charge >= 0.3 is 0 Å². The number of carbonyl (C=O) groups excluding carboxylic acids is 1. The van der Waals surface area contributed by atoms with Crippen molar-refractivity contribution in [2.24, 2.45) is 17.8 Å². The summed E-state index contributed by atoms with van der Waals surface area (Å²) in [5.74, 6) is 2.93. The molecule has 2 saturated carbocycles. The van der Waals surface area contributed by atoms with E-state index >= 15 is 0 Å². The van der Waals surface area contributed by atoms with Crippen molar-refractivity contribution in [1.29, 1.82) is 0 Å². The van der Waals surface area contributed by atoms with Gasteiger partial charge in [0.1, 0.15) is 0 Å². The van der Waals surface area contributed by atoms with Crippen LogP contribution >= 0.6 is 11.3 Å². The van der Waals surface area contributed by atoms with E-state index in [1.807, 2.05) is 6.92 Å². The van der Waals surface area contributed by atoms with E-state index in [4.69, 9.17) is 0 Å². The Morgan fingerprint density at radius 3 is 2.95 bits per heavy atom. The molecule has 0 aromatic carbocycles. The predicted molar refractivity (Wildman–Crippen MR) is 86.5 cm³/mol. The lowest BCUT2D eigenvalue weighted by Gasteiger charge is -2.21. The average molecular weight is 307 g/mol. The number of nitrogens with zero attached hydrogens (tertiary/aromatic N) is 2. The minimum Gasteiger partial charge on any atom is -0.311 e. The highest BCUT2D eigenvalue weighted by Crippen LogP contribution is 2.47. The molecule has 2 aliphatic rings. The van der Waals surface area contributed by atoms with Crippen LogP contribution in [0.2, 0.25) is 0 Å². The molecule has 3 rings (SSSR count). The van der Waals surface area contributed by atoms with Crippen molar-refractivity contribution in [1.82, 2.24) is 10.3 Å². The lowest BCUT2D eigenvalue weighted by Crippen LogP contribution is -2.28. The summed E-state index contributed by atoms with van der Waals surface area (Å²) in [5.41, 5.74) is 1.05. The van der Waals surface area contributed by atoms with Crippen LogP contribution < -0.4 is 10.2 Å². The number of hydrogen-bond acceptors (Lipinski definition) is 4. The van der Waals surface area contributed by atoms with Crippen LogP contribution in [0.5, 0.6) is 0 Å². The van der Waals surface area contributed by atoms with Gasteiger partial charge in [-0.05, 0) is 50.5 Å². The second-order valence-electron chi connectivity index (χ2n) is 6.45. The Balaban J connectivity index is 1.47. The molecule has 1 N–H and O–H groups in total. The molecular weight excluding hydrogens is 282 g/mol. The molecule has 1 aromatic heterocycles. The fourth-order valence-corrected chi connectivity index (χ4v) is 4.94. The van der Waals surface area contributed by atoms with Gasteiger partial charge in [0.15, 0.2) is 5.13 Å². The summed E-state index contributed by atoms with van der Waals surface area (Å²) in [6, 6.07) is 0. The lowest BCUT2D eigenvalue weighted by atomic mass is 9.89. The van der Waals surface area contributed by atoms with Crippen molar-refractivity contribution in [3.8, 4) is 0 Å². The number of fused-ring (bicyclic) bond motifs is 2. The third kappa shape index (κ3) is 3.29. The van der Waals surface area contributed by atoms with Crippen molar-refractivity contribution in [2.45, 2.75) is 46.1 Å². The molecule has 0 radical (unpaired) electrons. The quantitative estimate of drug-likeness (QED) is 0.878. The van der Waals surface area contributed by atoms with Crippen LogP contribution in [0.4, 0.5) is 5.13 Å². The molecule has 1 amide bonds. The van der Waals surface area contributed by atoms with Gasteiger partial charge in [-0.15, -0.1) is 11.3 Å². The first-order chi connectivity index (χ1) is 10.2. The summed E-state index contributed by atoms with van der Waals surface area (Å²) in [4.78, 5) is 17.8. The molecule has 0 saturated heterocycles. The Morgan fingerprint density at radius 1 is 1.48 bits per heavy atom. The van der Waals surface area contributed by atoms with Gasteiger partial charge in [0.2, 0.25) is 5.91 Å². The maximum Gasteiger partial charge on any atom is 0.225 e. The van der Waals surface area contributed by atoms with E-state index in [1.54, 1.807) is 23.2 Å². The summed E-state index contributed by atoms with van der Waals surface area (Å²) in [6.07, 6.45) is 5.81. The number of nitrogens with one attached hydrogen (secondary N) is 1. The molecule has 3 atom stereocenters. The van der Waals surface area contributed by atoms with Crippen molar-refractivity contribution in [3.05, 3.63) is 11.1 Å². The van der Waals surface area contributed by atoms with Gasteiger partial charge in [-0.1, -0.05) is 6.42 Å². The fourth-order valence-electron chi connectivity index (χ4n) is 4.01. The molecule has 0 spiro atoms. The SMILES string of the molecule is CCN(C(C)=O)c1nc(CNCC2CC3CCC2C3)cs1. The second-order valence-corrected chi connectivity index (χ2v) is 7.29. The maximum atomic E-state index is 11.5. The van der Waals surface area contributed by atoms with E-state index in [0.29, 0.717) is 6.54 Å². The van der Waals surface area contributed by atoms with Gasteiger partial charge in [-0.2, -0.15) is 0 Å². The number of aromatic nitrogens is 1. The number of hydrogen-bond donors (Lipinski definition) is 1. The van der Waals surface area contributed by atoms with Gasteiger partial charge in [-0.3, -0.25) is 9.69 Å². The van der Waals surface area contributed by atoms with E-state index in [2.05, 4.69) is 15.7 Å². The van der Waals surface area contributed by atoms with Crippen molar-refractivity contribution in [2.75, 3.05) is 18.0 Å². The molecule has 21 heavy (non-hydrogen) atoms. The molecule has 1 heterocycles. The molecule has 2 fully saturated rings. The highest BCUT2D eigenvalue weighted by molar-refractivity contribution is 7.14. The number of rotatable bonds is 6. The molecule has 5 heteroatoms. The van der Waals surface area contributed by atoms with E-state index in [0.717, 1.165) is 41.7 Å². The molecule has 1 aromatic rings. The monoisotopic (exact) mass is 307 g/mol. The Bertz CT molecular complexity index is 501. The molecule has 4 nitrogen and oxygen atoms in total. The van der Waals surface area contributed by atoms with E-state index in [9.17, 15) is 4.79 Å². The zero-order valence-corrected chi connectivity index (χ0v) is 13.8. The number of thiazole rings is 1. The normalized spacial score (nSPS) is 27.2. The lowest BCUT2D eigenvalue weighted by molar-refractivity contribution is -0.116. The minimum atomic E-state index is 0.0633. The summed E-state index contributed by atoms with van der Waals surface area (Å²) in [7, 11) is 0. The average Bonchev–Trinajstić information content (AvgIpc) is 3.15. The Hall–Kier alpha value is -0.940. The van der Waals surface area contributed by atoms with Crippen molar-refractivity contribution in [3.63, 3.8) is 0 Å². The van der Waals surface area contributed by atoms with E-state index < -0.39 is 0 Å². The summed E-state index contributed by atoms with van der Waals surface area (Å²) in [5, 5.41) is 6.45. The topological polar surface area (TPSA) is 45.2 Å². The van der Waals surface area contributed by atoms with E-state index in [1.165, 1.54) is 25.7 Å². The van der Waals surface area contributed by atoms with Gasteiger partial charge in [0.05, 0.1) is 5.69 Å².